The Kier molecular flexibility index (Phi) is 7.51. The number of phenols is 1. The monoisotopic (exact) mass is 720 g/mol. The molecule has 3 fully saturated rings. The first kappa shape index (κ1) is 33.5. The summed E-state index contributed by atoms with van der Waals surface area (Å²) in [6.45, 7) is 4.95. The maximum absolute atomic E-state index is 15.2. The van der Waals surface area contributed by atoms with Gasteiger partial charge in [0.05, 0.1) is 24.0 Å². The lowest BCUT2D eigenvalue weighted by atomic mass is 9.56. The molecule has 1 saturated carbocycles. The number of allylic oxidation sites excluding steroid dienone is 2. The first-order chi connectivity index (χ1) is 21.7. The van der Waals surface area contributed by atoms with E-state index in [1.165, 1.54) is 19.2 Å². The highest BCUT2D eigenvalue weighted by Gasteiger charge is 2.77. The molecule has 2 aromatic carbocycles. The van der Waals surface area contributed by atoms with Crippen molar-refractivity contribution < 1.29 is 51.0 Å². The Morgan fingerprint density at radius 2 is 1.47 bits per heavy atom. The molecule has 16 heteroatoms. The largest absolute Gasteiger partial charge is 0.503 e. The van der Waals surface area contributed by atoms with Crippen LogP contribution in [0.4, 0.5) is 27.6 Å². The van der Waals surface area contributed by atoms with Crippen molar-refractivity contribution in [3.8, 4) is 11.5 Å². The van der Waals surface area contributed by atoms with Gasteiger partial charge < -0.3 is 9.84 Å². The Morgan fingerprint density at radius 3 is 2.02 bits per heavy atom. The summed E-state index contributed by atoms with van der Waals surface area (Å²) >= 11 is 20.5. The molecule has 47 heavy (non-hydrogen) atoms. The van der Waals surface area contributed by atoms with Crippen LogP contribution in [0.2, 0.25) is 5.02 Å². The maximum Gasteiger partial charge on any atom is 0.258 e. The van der Waals surface area contributed by atoms with E-state index in [2.05, 4.69) is 0 Å². The molecule has 4 aliphatic rings. The van der Waals surface area contributed by atoms with E-state index in [9.17, 15) is 37.5 Å². The number of fused-ring (bicyclic) bond motifs is 4. The van der Waals surface area contributed by atoms with Gasteiger partial charge in [-0.3, -0.25) is 24.1 Å². The number of benzene rings is 2. The molecule has 2 saturated heterocycles. The van der Waals surface area contributed by atoms with Crippen molar-refractivity contribution in [2.45, 2.75) is 54.8 Å². The van der Waals surface area contributed by atoms with E-state index in [4.69, 9.17) is 39.5 Å². The quantitative estimate of drug-likeness (QED) is 0.103. The molecule has 8 nitrogen and oxygen atoms in total. The predicted octanol–water partition coefficient (Wildman–Crippen LogP) is 6.11. The van der Waals surface area contributed by atoms with Crippen LogP contribution < -0.4 is 9.64 Å². The summed E-state index contributed by atoms with van der Waals surface area (Å²) in [4.78, 5) is 51.4. The maximum atomic E-state index is 15.2. The van der Waals surface area contributed by atoms with Crippen molar-refractivity contribution in [1.82, 2.24) is 4.90 Å². The number of carbonyl (C=O) groups is 4. The van der Waals surface area contributed by atoms with E-state index in [-0.39, 0.29) is 33.2 Å². The van der Waals surface area contributed by atoms with Gasteiger partial charge in [0.15, 0.2) is 44.5 Å². The van der Waals surface area contributed by atoms with Gasteiger partial charge in [-0.2, -0.15) is 0 Å². The van der Waals surface area contributed by atoms with Gasteiger partial charge in [-0.05, 0) is 57.2 Å². The zero-order valence-corrected chi connectivity index (χ0v) is 27.1. The first-order valence-corrected chi connectivity index (χ1v) is 15.3. The molecule has 0 bridgehead atoms. The van der Waals surface area contributed by atoms with Crippen LogP contribution in [0.5, 0.6) is 11.5 Å². The van der Waals surface area contributed by atoms with Gasteiger partial charge in [-0.15, -0.1) is 23.2 Å². The van der Waals surface area contributed by atoms with Gasteiger partial charge in [0.1, 0.15) is 5.69 Å². The lowest BCUT2D eigenvalue weighted by molar-refractivity contribution is -0.145. The summed E-state index contributed by atoms with van der Waals surface area (Å²) in [5, 5.41) is 10.1. The summed E-state index contributed by atoms with van der Waals surface area (Å²) in [7, 11) is 1.19. The molecule has 4 amide bonds. The first-order valence-electron chi connectivity index (χ1n) is 14.2. The predicted molar refractivity (Wildman–Crippen MR) is 158 cm³/mol. The second-order valence-corrected chi connectivity index (χ2v) is 14.6. The van der Waals surface area contributed by atoms with Crippen molar-refractivity contribution >= 4 is 64.1 Å². The Labute approximate surface area is 279 Å². The summed E-state index contributed by atoms with van der Waals surface area (Å²) in [5.41, 5.74) is -2.61. The molecule has 6 rings (SSSR count). The fraction of sp³-hybridized carbons (Fsp3) is 0.419. The topological polar surface area (TPSA) is 104 Å². The third-order valence-corrected chi connectivity index (χ3v) is 11.2. The molecule has 6 unspecified atom stereocenters. The number of ether oxygens (including phenoxy) is 1. The Morgan fingerprint density at radius 1 is 0.894 bits per heavy atom. The zero-order chi connectivity index (χ0) is 34.9. The van der Waals surface area contributed by atoms with Crippen molar-refractivity contribution in [2.75, 3.05) is 12.0 Å². The number of halogens is 8. The van der Waals surface area contributed by atoms with Crippen molar-refractivity contribution in [3.63, 3.8) is 0 Å². The van der Waals surface area contributed by atoms with Crippen LogP contribution in [0, 0.1) is 46.8 Å². The number of nitrogens with zero attached hydrogens (tertiary/aromatic N) is 2. The third-order valence-electron chi connectivity index (χ3n) is 9.50. The number of imide groups is 2. The van der Waals surface area contributed by atoms with Gasteiger partial charge in [-0.1, -0.05) is 23.3 Å². The summed E-state index contributed by atoms with van der Waals surface area (Å²) in [5.74, 6) is -22.1. The van der Waals surface area contributed by atoms with Gasteiger partial charge in [-0.25, -0.2) is 26.9 Å². The molecular formula is C31H24Cl3F5N2O6. The Balaban J connectivity index is 1.63. The average Bonchev–Trinajstić information content (AvgIpc) is 3.35. The van der Waals surface area contributed by atoms with Crippen LogP contribution in [0.25, 0.3) is 0 Å². The Bertz CT molecular complexity index is 1840. The highest BCUT2D eigenvalue weighted by molar-refractivity contribution is 6.58. The molecule has 2 aliphatic heterocycles. The van der Waals surface area contributed by atoms with Gasteiger partial charge in [0.2, 0.25) is 17.6 Å². The number of carbonyl (C=O) groups excluding carboxylic acids is 4. The number of anilines is 1. The molecular weight excluding hydrogens is 698 g/mol. The van der Waals surface area contributed by atoms with Crippen molar-refractivity contribution in [1.29, 1.82) is 0 Å². The number of amides is 4. The fourth-order valence-corrected chi connectivity index (χ4v) is 8.67. The number of rotatable bonds is 3. The standard InChI is InChI=1S/C31H24Cl3F5N2O6/c1-29(2,3)41-25(43)12-6-5-11-13(16(12)26(41)44)9-30(33)27(45)40(23-21(38)19(36)18(35)20(37)22(23)39)28(46)31(30,34)17(11)10-7-14(32)24(42)15(8-10)47-4/h5,7-8,12-13,16-17,42H,6,9H2,1-4H3. The van der Waals surface area contributed by atoms with Crippen molar-refractivity contribution in [2.24, 2.45) is 17.8 Å². The van der Waals surface area contributed by atoms with E-state index in [1.54, 1.807) is 26.8 Å². The SMILES string of the molecule is COc1cc(C2C3=CCC4C(=O)N(C(C)(C)C)C(=O)C4C3CC3(Cl)C(=O)N(c4c(F)c(F)c(F)c(F)c4F)C(=O)C23Cl)cc(Cl)c1O. The molecule has 2 heterocycles. The molecule has 0 radical (unpaired) electrons. The fourth-order valence-electron chi connectivity index (χ4n) is 7.52. The smallest absolute Gasteiger partial charge is 0.258 e. The molecule has 6 atom stereocenters. The normalized spacial score (nSPS) is 30.4. The number of phenolic OH excluding ortho intramolecular Hbond substituents is 1. The van der Waals surface area contributed by atoms with Crippen LogP contribution in [-0.4, -0.2) is 56.0 Å². The minimum atomic E-state index is -2.73. The third kappa shape index (κ3) is 4.18. The summed E-state index contributed by atoms with van der Waals surface area (Å²) in [6.07, 6.45) is 0.900. The molecule has 1 N–H and O–H groups in total. The van der Waals surface area contributed by atoms with E-state index < -0.39 is 110 Å². The summed E-state index contributed by atoms with van der Waals surface area (Å²) < 4.78 is 78.2. The highest BCUT2D eigenvalue weighted by atomic mass is 35.5. The average molecular weight is 722 g/mol. The number of methoxy groups -OCH3 is 1. The summed E-state index contributed by atoms with van der Waals surface area (Å²) in [6, 6.07) is 2.38. The number of hydrogen-bond donors (Lipinski definition) is 1. The van der Waals surface area contributed by atoms with E-state index in [0.29, 0.717) is 0 Å². The van der Waals surface area contributed by atoms with E-state index in [0.717, 1.165) is 4.90 Å². The van der Waals surface area contributed by atoms with Gasteiger partial charge in [0.25, 0.3) is 11.8 Å². The Hall–Kier alpha value is -3.42. The lowest BCUT2D eigenvalue weighted by Crippen LogP contribution is -2.60. The highest BCUT2D eigenvalue weighted by Crippen LogP contribution is 2.66. The van der Waals surface area contributed by atoms with E-state index >= 15 is 8.78 Å². The number of aromatic hydroxyl groups is 1. The molecule has 2 aromatic rings. The van der Waals surface area contributed by atoms with E-state index in [1.807, 2.05) is 0 Å². The van der Waals surface area contributed by atoms with Crippen molar-refractivity contribution in [3.05, 3.63) is 63.5 Å². The zero-order valence-electron chi connectivity index (χ0n) is 24.9. The van der Waals surface area contributed by atoms with Gasteiger partial charge >= 0.3 is 0 Å². The molecule has 2 aliphatic carbocycles. The van der Waals surface area contributed by atoms with Gasteiger partial charge in [0, 0.05) is 11.5 Å². The minimum absolute atomic E-state index is 0.0102. The second-order valence-electron chi connectivity index (χ2n) is 12.9. The minimum Gasteiger partial charge on any atom is -0.503 e. The molecule has 250 valence electrons. The van der Waals surface area contributed by atoms with Crippen LogP contribution in [0.3, 0.4) is 0 Å². The number of hydrogen-bond acceptors (Lipinski definition) is 6. The van der Waals surface area contributed by atoms with Crippen LogP contribution >= 0.6 is 34.8 Å². The molecule has 0 aromatic heterocycles. The number of likely N-dealkylation sites (tertiary alicyclic amines) is 1. The number of alkyl halides is 2. The second kappa shape index (κ2) is 10.5. The molecule has 0 spiro atoms. The lowest BCUT2D eigenvalue weighted by Gasteiger charge is -2.50. The van der Waals surface area contributed by atoms with Crippen LogP contribution in [0.15, 0.2) is 23.8 Å². The van der Waals surface area contributed by atoms with Crippen LogP contribution in [0.1, 0.15) is 45.1 Å². The van der Waals surface area contributed by atoms with Crippen LogP contribution in [-0.2, 0) is 19.2 Å².